The summed E-state index contributed by atoms with van der Waals surface area (Å²) in [7, 11) is -3.29. The van der Waals surface area contributed by atoms with Gasteiger partial charge in [0.2, 0.25) is 15.9 Å². The molecule has 0 spiro atoms. The first kappa shape index (κ1) is 19.6. The lowest BCUT2D eigenvalue weighted by Gasteiger charge is -2.32. The highest BCUT2D eigenvalue weighted by molar-refractivity contribution is 7.93. The van der Waals surface area contributed by atoms with Gasteiger partial charge in [-0.2, -0.15) is 0 Å². The standard InChI is InChI=1S/C20H24N4O4S/c1-14-2-3-15(12-21-14)20(25)24-10-8-17(9-11-24)28-19-7-4-16(13-22-19)23-29(26,27)18-5-6-18/h2-4,7,12-13,17-18,23H,5-6,8-11H2,1H3. The third-order valence-electron chi connectivity index (χ3n) is 5.13. The number of aryl methyl sites for hydroxylation is 1. The molecule has 9 heteroatoms. The van der Waals surface area contributed by atoms with Gasteiger partial charge in [0, 0.05) is 43.9 Å². The Hall–Kier alpha value is -2.68. The fraction of sp³-hybridized carbons (Fsp3) is 0.450. The number of anilines is 1. The zero-order valence-electron chi connectivity index (χ0n) is 16.2. The molecule has 4 rings (SSSR count). The Morgan fingerprint density at radius 1 is 1.07 bits per heavy atom. The molecule has 0 radical (unpaired) electrons. The van der Waals surface area contributed by atoms with Crippen LogP contribution < -0.4 is 9.46 Å². The van der Waals surface area contributed by atoms with Gasteiger partial charge in [0.1, 0.15) is 6.10 Å². The number of hydrogen-bond donors (Lipinski definition) is 1. The van der Waals surface area contributed by atoms with Gasteiger partial charge in [-0.1, -0.05) is 0 Å². The summed E-state index contributed by atoms with van der Waals surface area (Å²) in [6.45, 7) is 3.10. The summed E-state index contributed by atoms with van der Waals surface area (Å²) in [4.78, 5) is 22.8. The zero-order valence-corrected chi connectivity index (χ0v) is 17.1. The molecule has 1 N–H and O–H groups in total. The molecule has 0 aromatic carbocycles. The fourth-order valence-corrected chi connectivity index (χ4v) is 4.63. The largest absolute Gasteiger partial charge is 0.474 e. The molecule has 1 aliphatic heterocycles. The summed E-state index contributed by atoms with van der Waals surface area (Å²) in [6, 6.07) is 6.96. The first-order chi connectivity index (χ1) is 13.9. The molecule has 154 valence electrons. The Balaban J connectivity index is 1.28. The second-order valence-corrected chi connectivity index (χ2v) is 9.49. The average molecular weight is 417 g/mol. The van der Waals surface area contributed by atoms with Crippen molar-refractivity contribution < 1.29 is 17.9 Å². The quantitative estimate of drug-likeness (QED) is 0.776. The number of nitrogens with zero attached hydrogens (tertiary/aromatic N) is 3. The number of rotatable bonds is 6. The van der Waals surface area contributed by atoms with Crippen LogP contribution in [0.15, 0.2) is 36.7 Å². The molecule has 2 aromatic rings. The number of carbonyl (C=O) groups excluding carboxylic acids is 1. The zero-order chi connectivity index (χ0) is 20.4. The monoisotopic (exact) mass is 416 g/mol. The van der Waals surface area contributed by atoms with Crippen molar-refractivity contribution in [3.8, 4) is 5.88 Å². The van der Waals surface area contributed by atoms with Crippen LogP contribution in [0, 0.1) is 6.92 Å². The molecule has 1 saturated heterocycles. The molecule has 1 aliphatic carbocycles. The van der Waals surface area contributed by atoms with E-state index in [0.29, 0.717) is 55.9 Å². The van der Waals surface area contributed by atoms with E-state index in [4.69, 9.17) is 4.74 Å². The molecule has 2 fully saturated rings. The van der Waals surface area contributed by atoms with E-state index in [1.165, 1.54) is 6.20 Å². The van der Waals surface area contributed by atoms with Gasteiger partial charge in [-0.25, -0.2) is 13.4 Å². The van der Waals surface area contributed by atoms with E-state index in [0.717, 1.165) is 5.69 Å². The Morgan fingerprint density at radius 3 is 2.41 bits per heavy atom. The highest BCUT2D eigenvalue weighted by Crippen LogP contribution is 2.30. The summed E-state index contributed by atoms with van der Waals surface area (Å²) < 4.78 is 32.4. The van der Waals surface area contributed by atoms with Crippen LogP contribution in [0.25, 0.3) is 0 Å². The Morgan fingerprint density at radius 2 is 1.83 bits per heavy atom. The van der Waals surface area contributed by atoms with E-state index in [2.05, 4.69) is 14.7 Å². The Kier molecular flexibility index (Phi) is 5.40. The van der Waals surface area contributed by atoms with Gasteiger partial charge in [0.05, 0.1) is 22.7 Å². The number of pyridine rings is 2. The van der Waals surface area contributed by atoms with Crippen molar-refractivity contribution in [1.29, 1.82) is 0 Å². The Bertz CT molecular complexity index is 965. The molecule has 2 aromatic heterocycles. The van der Waals surface area contributed by atoms with Crippen molar-refractivity contribution in [3.05, 3.63) is 47.9 Å². The maximum absolute atomic E-state index is 12.6. The van der Waals surface area contributed by atoms with Crippen LogP contribution in [0.4, 0.5) is 5.69 Å². The predicted octanol–water partition coefficient (Wildman–Crippen LogP) is 2.37. The van der Waals surface area contributed by atoms with Crippen molar-refractivity contribution >= 4 is 21.6 Å². The van der Waals surface area contributed by atoms with Crippen LogP contribution >= 0.6 is 0 Å². The normalized spacial score (nSPS) is 17.8. The average Bonchev–Trinajstić information content (AvgIpc) is 3.56. The number of ether oxygens (including phenoxy) is 1. The molecular formula is C20H24N4O4S. The van der Waals surface area contributed by atoms with E-state index in [9.17, 15) is 13.2 Å². The molecule has 0 bridgehead atoms. The number of hydrogen-bond acceptors (Lipinski definition) is 6. The lowest BCUT2D eigenvalue weighted by Crippen LogP contribution is -2.41. The minimum atomic E-state index is -3.29. The van der Waals surface area contributed by atoms with Crippen LogP contribution in [0.5, 0.6) is 5.88 Å². The summed E-state index contributed by atoms with van der Waals surface area (Å²) in [5.41, 5.74) is 1.92. The third-order valence-corrected chi connectivity index (χ3v) is 7.00. The van der Waals surface area contributed by atoms with Crippen molar-refractivity contribution in [2.45, 2.75) is 44.0 Å². The number of likely N-dealkylation sites (tertiary alicyclic amines) is 1. The second kappa shape index (κ2) is 7.98. The van der Waals surface area contributed by atoms with Crippen molar-refractivity contribution in [3.63, 3.8) is 0 Å². The van der Waals surface area contributed by atoms with E-state index in [1.807, 2.05) is 17.9 Å². The van der Waals surface area contributed by atoms with Gasteiger partial charge >= 0.3 is 0 Å². The topological polar surface area (TPSA) is 101 Å². The SMILES string of the molecule is Cc1ccc(C(=O)N2CCC(Oc3ccc(NS(=O)(=O)C4CC4)cn3)CC2)cn1. The number of aromatic nitrogens is 2. The summed E-state index contributed by atoms with van der Waals surface area (Å²) in [5.74, 6) is 0.438. The van der Waals surface area contributed by atoms with Gasteiger partial charge in [-0.15, -0.1) is 0 Å². The third kappa shape index (κ3) is 4.84. The molecular weight excluding hydrogens is 392 g/mol. The van der Waals surface area contributed by atoms with Crippen molar-refractivity contribution in [1.82, 2.24) is 14.9 Å². The lowest BCUT2D eigenvalue weighted by molar-refractivity contribution is 0.0587. The summed E-state index contributed by atoms with van der Waals surface area (Å²) in [6.07, 6.45) is 5.90. The van der Waals surface area contributed by atoms with Gasteiger partial charge in [0.25, 0.3) is 5.91 Å². The number of sulfonamides is 1. The molecule has 8 nitrogen and oxygen atoms in total. The second-order valence-electron chi connectivity index (χ2n) is 7.53. The van der Waals surface area contributed by atoms with E-state index in [1.54, 1.807) is 24.4 Å². The minimum absolute atomic E-state index is 0.0126. The Labute approximate surface area is 170 Å². The van der Waals surface area contributed by atoms with Gasteiger partial charge in [0.15, 0.2) is 0 Å². The lowest BCUT2D eigenvalue weighted by atomic mass is 10.1. The van der Waals surface area contributed by atoms with Gasteiger partial charge in [-0.3, -0.25) is 14.5 Å². The van der Waals surface area contributed by atoms with Crippen molar-refractivity contribution in [2.24, 2.45) is 0 Å². The van der Waals surface area contributed by atoms with Crippen LogP contribution in [-0.4, -0.2) is 53.6 Å². The molecule has 1 saturated carbocycles. The highest BCUT2D eigenvalue weighted by Gasteiger charge is 2.35. The summed E-state index contributed by atoms with van der Waals surface area (Å²) in [5, 5.41) is -0.276. The maximum Gasteiger partial charge on any atom is 0.255 e. The van der Waals surface area contributed by atoms with Crippen LogP contribution in [-0.2, 0) is 10.0 Å². The number of carbonyl (C=O) groups is 1. The summed E-state index contributed by atoms with van der Waals surface area (Å²) >= 11 is 0. The fourth-order valence-electron chi connectivity index (χ4n) is 3.26. The minimum Gasteiger partial charge on any atom is -0.474 e. The van der Waals surface area contributed by atoms with E-state index >= 15 is 0 Å². The van der Waals surface area contributed by atoms with E-state index < -0.39 is 10.0 Å². The molecule has 0 unspecified atom stereocenters. The molecule has 29 heavy (non-hydrogen) atoms. The predicted molar refractivity (Wildman–Crippen MR) is 108 cm³/mol. The first-order valence-corrected chi connectivity index (χ1v) is 11.3. The van der Waals surface area contributed by atoms with Crippen molar-refractivity contribution in [2.75, 3.05) is 17.8 Å². The maximum atomic E-state index is 12.6. The molecule has 2 aliphatic rings. The van der Waals surface area contributed by atoms with Gasteiger partial charge < -0.3 is 9.64 Å². The molecule has 0 atom stereocenters. The molecule has 3 heterocycles. The highest BCUT2D eigenvalue weighted by atomic mass is 32.2. The molecule has 1 amide bonds. The van der Waals surface area contributed by atoms with Crippen LogP contribution in [0.1, 0.15) is 41.7 Å². The van der Waals surface area contributed by atoms with Gasteiger partial charge in [-0.05, 0) is 38.0 Å². The first-order valence-electron chi connectivity index (χ1n) is 9.77. The van der Waals surface area contributed by atoms with E-state index in [-0.39, 0.29) is 17.3 Å². The number of nitrogens with one attached hydrogen (secondary N) is 1. The number of amides is 1. The van der Waals surface area contributed by atoms with Crippen LogP contribution in [0.2, 0.25) is 0 Å². The van der Waals surface area contributed by atoms with Crippen LogP contribution in [0.3, 0.4) is 0 Å². The number of piperidine rings is 1. The smallest absolute Gasteiger partial charge is 0.255 e.